The number of hydrogen-bond donors (Lipinski definition) is 3. The van der Waals surface area contributed by atoms with Crippen LogP contribution in [0.3, 0.4) is 0 Å². The van der Waals surface area contributed by atoms with E-state index in [4.69, 9.17) is 0 Å². The number of aromatic nitrogens is 3. The minimum atomic E-state index is -1.02. The van der Waals surface area contributed by atoms with Crippen LogP contribution >= 0.6 is 0 Å². The highest BCUT2D eigenvalue weighted by atomic mass is 19.1. The Morgan fingerprint density at radius 1 is 0.931 bits per heavy atom. The molecule has 2 aromatic heterocycles. The lowest BCUT2D eigenvalue weighted by atomic mass is 9.89. The third-order valence-electron chi connectivity index (χ3n) is 11.2. The number of nitrogens with zero attached hydrogens (tertiary/aromatic N) is 5. The van der Waals surface area contributed by atoms with Crippen LogP contribution in [0.4, 0.5) is 36.2 Å². The molecule has 3 aliphatic rings. The van der Waals surface area contributed by atoms with Gasteiger partial charge in [0.25, 0.3) is 5.91 Å². The number of aryl methyl sites for hydroxylation is 3. The van der Waals surface area contributed by atoms with Crippen LogP contribution in [0.25, 0.3) is 11.3 Å². The van der Waals surface area contributed by atoms with Crippen LogP contribution in [0.15, 0.2) is 60.7 Å². The van der Waals surface area contributed by atoms with Gasteiger partial charge in [-0.2, -0.15) is 5.10 Å². The smallest absolute Gasteiger partial charge is 0.257 e. The van der Waals surface area contributed by atoms with E-state index in [0.717, 1.165) is 48.8 Å². The zero-order valence-electron chi connectivity index (χ0n) is 32.0. The monoisotopic (exact) mass is 790 g/mol. The minimum absolute atomic E-state index is 0.0411. The molecule has 5 aromatic rings. The van der Waals surface area contributed by atoms with Crippen LogP contribution in [0.1, 0.15) is 67.4 Å². The second-order valence-corrected chi connectivity index (χ2v) is 14.9. The summed E-state index contributed by atoms with van der Waals surface area (Å²) in [7, 11) is 0. The van der Waals surface area contributed by atoms with Gasteiger partial charge < -0.3 is 15.5 Å². The number of rotatable bonds is 9. The fourth-order valence-corrected chi connectivity index (χ4v) is 8.05. The van der Waals surface area contributed by atoms with Crippen molar-refractivity contribution < 1.29 is 32.3 Å². The normalized spacial score (nSPS) is 16.8. The Morgan fingerprint density at radius 2 is 1.71 bits per heavy atom. The molecule has 0 spiro atoms. The number of piperidine rings is 1. The SMILES string of the molecule is Cc1cccc(NC(=O)c2ccc(-c3nn4c(c3C=O)Nc3ccc(N5CCN(CCc6cc(F)c(C7CCC(=O)NC7=O)c(F)c6)CC5)cc3CC4)c(F)c2C)n1. The Hall–Kier alpha value is -6.35. The van der Waals surface area contributed by atoms with Crippen LogP contribution in [-0.2, 0) is 29.0 Å². The Bertz CT molecular complexity index is 2460. The first-order valence-corrected chi connectivity index (χ1v) is 19.3. The predicted molar refractivity (Wildman–Crippen MR) is 212 cm³/mol. The molecule has 3 aromatic carbocycles. The number of halogens is 3. The molecular formula is C43H41F3N8O4. The maximum absolute atomic E-state index is 16.0. The number of carbonyl (C=O) groups is 4. The average Bonchev–Trinajstić information content (AvgIpc) is 3.44. The van der Waals surface area contributed by atoms with Gasteiger partial charge in [-0.15, -0.1) is 0 Å². The van der Waals surface area contributed by atoms with E-state index in [1.54, 1.807) is 29.8 Å². The van der Waals surface area contributed by atoms with E-state index in [0.29, 0.717) is 49.4 Å². The summed E-state index contributed by atoms with van der Waals surface area (Å²) in [4.78, 5) is 58.1. The Morgan fingerprint density at radius 3 is 2.43 bits per heavy atom. The molecule has 0 bridgehead atoms. The lowest BCUT2D eigenvalue weighted by molar-refractivity contribution is -0.134. The van der Waals surface area contributed by atoms with Crippen LogP contribution in [0.5, 0.6) is 0 Å². The molecule has 58 heavy (non-hydrogen) atoms. The second kappa shape index (κ2) is 15.9. The highest BCUT2D eigenvalue weighted by Gasteiger charge is 2.33. The van der Waals surface area contributed by atoms with Crippen molar-refractivity contribution >= 4 is 47.0 Å². The van der Waals surface area contributed by atoms with E-state index in [1.165, 1.54) is 31.2 Å². The first-order chi connectivity index (χ1) is 28.0. The molecule has 3 N–H and O–H groups in total. The molecule has 15 heteroatoms. The van der Waals surface area contributed by atoms with Crippen molar-refractivity contribution in [2.45, 2.75) is 52.0 Å². The molecule has 2 saturated heterocycles. The fraction of sp³-hybridized carbons (Fsp3) is 0.302. The number of benzene rings is 3. The van der Waals surface area contributed by atoms with E-state index in [2.05, 4.69) is 41.9 Å². The summed E-state index contributed by atoms with van der Waals surface area (Å²) in [5, 5.41) is 12.9. The van der Waals surface area contributed by atoms with Gasteiger partial charge in [0.15, 0.2) is 6.29 Å². The summed E-state index contributed by atoms with van der Waals surface area (Å²) in [6.45, 7) is 7.37. The molecule has 3 amide bonds. The summed E-state index contributed by atoms with van der Waals surface area (Å²) in [6.07, 6.45) is 1.83. The molecule has 1 unspecified atom stereocenters. The maximum Gasteiger partial charge on any atom is 0.257 e. The number of aldehydes is 1. The lowest BCUT2D eigenvalue weighted by Crippen LogP contribution is -2.47. The molecule has 0 saturated carbocycles. The second-order valence-electron chi connectivity index (χ2n) is 14.9. The molecule has 8 rings (SSSR count). The van der Waals surface area contributed by atoms with E-state index in [1.807, 2.05) is 12.1 Å². The van der Waals surface area contributed by atoms with Gasteiger partial charge in [0.2, 0.25) is 11.8 Å². The zero-order chi connectivity index (χ0) is 40.7. The van der Waals surface area contributed by atoms with Crippen molar-refractivity contribution in [3.8, 4) is 11.3 Å². The summed E-state index contributed by atoms with van der Waals surface area (Å²) < 4.78 is 47.7. The first-order valence-electron chi connectivity index (χ1n) is 19.3. The largest absolute Gasteiger partial charge is 0.369 e. The molecule has 3 aliphatic heterocycles. The van der Waals surface area contributed by atoms with Gasteiger partial charge in [-0.1, -0.05) is 6.07 Å². The summed E-state index contributed by atoms with van der Waals surface area (Å²) in [6, 6.07) is 16.9. The fourth-order valence-electron chi connectivity index (χ4n) is 8.05. The molecule has 1 atom stereocenters. The van der Waals surface area contributed by atoms with Gasteiger partial charge >= 0.3 is 0 Å². The van der Waals surface area contributed by atoms with Gasteiger partial charge in [0.05, 0.1) is 11.5 Å². The molecule has 5 heterocycles. The predicted octanol–water partition coefficient (Wildman–Crippen LogP) is 6.23. The quantitative estimate of drug-likeness (QED) is 0.117. The number of anilines is 4. The van der Waals surface area contributed by atoms with Crippen LogP contribution in [0, 0.1) is 31.3 Å². The third kappa shape index (κ3) is 7.56. The van der Waals surface area contributed by atoms with Gasteiger partial charge in [-0.3, -0.25) is 29.4 Å². The third-order valence-corrected chi connectivity index (χ3v) is 11.2. The lowest BCUT2D eigenvalue weighted by Gasteiger charge is -2.36. The van der Waals surface area contributed by atoms with Gasteiger partial charge in [0.1, 0.15) is 34.8 Å². The number of amides is 3. The first kappa shape index (κ1) is 38.5. The highest BCUT2D eigenvalue weighted by molar-refractivity contribution is 6.05. The van der Waals surface area contributed by atoms with Crippen molar-refractivity contribution in [2.24, 2.45) is 0 Å². The van der Waals surface area contributed by atoms with E-state index < -0.39 is 41.1 Å². The number of fused-ring (bicyclic) bond motifs is 2. The number of pyridine rings is 1. The summed E-state index contributed by atoms with van der Waals surface area (Å²) in [5.41, 5.74) is 4.62. The summed E-state index contributed by atoms with van der Waals surface area (Å²) in [5.74, 6) is -4.01. The summed E-state index contributed by atoms with van der Waals surface area (Å²) >= 11 is 0. The van der Waals surface area contributed by atoms with Crippen molar-refractivity contribution in [1.29, 1.82) is 0 Å². The van der Waals surface area contributed by atoms with Gasteiger partial charge in [0, 0.05) is 79.4 Å². The van der Waals surface area contributed by atoms with E-state index in [9.17, 15) is 19.2 Å². The minimum Gasteiger partial charge on any atom is -0.369 e. The Kier molecular flexibility index (Phi) is 10.6. The van der Waals surface area contributed by atoms with Crippen molar-refractivity contribution in [1.82, 2.24) is 25.0 Å². The number of imide groups is 1. The highest BCUT2D eigenvalue weighted by Crippen LogP contribution is 2.37. The average molecular weight is 791 g/mol. The Labute approximate surface area is 332 Å². The molecular weight excluding hydrogens is 750 g/mol. The van der Waals surface area contributed by atoms with Gasteiger partial charge in [-0.25, -0.2) is 22.8 Å². The van der Waals surface area contributed by atoms with E-state index in [-0.39, 0.29) is 46.4 Å². The number of carbonyl (C=O) groups excluding carboxylic acids is 4. The van der Waals surface area contributed by atoms with Crippen LogP contribution in [-0.4, -0.2) is 76.4 Å². The Balaban J connectivity index is 0.906. The molecule has 298 valence electrons. The van der Waals surface area contributed by atoms with Gasteiger partial charge in [-0.05, 0) is 104 Å². The van der Waals surface area contributed by atoms with Crippen LogP contribution < -0.4 is 20.9 Å². The molecule has 0 aliphatic carbocycles. The van der Waals surface area contributed by atoms with E-state index >= 15 is 13.2 Å². The van der Waals surface area contributed by atoms with Crippen molar-refractivity contribution in [3.05, 3.63) is 117 Å². The van der Waals surface area contributed by atoms with Crippen LogP contribution in [0.2, 0.25) is 0 Å². The topological polar surface area (TPSA) is 142 Å². The zero-order valence-corrected chi connectivity index (χ0v) is 32.0. The number of hydrogen-bond acceptors (Lipinski definition) is 9. The molecule has 0 radical (unpaired) electrons. The number of nitrogens with one attached hydrogen (secondary N) is 3. The number of piperazine rings is 1. The standard InChI is InChI=1S/C43H41F3N8O4/c1-24-4-3-5-36(47-24)49-42(57)29-7-8-31(39(46)25(29)2)40-32(23-55)41-48-35-10-6-28(22-27(35)13-15-54(41)51-40)53-18-16-52(17-19-53)14-12-26-20-33(44)38(34(45)21-26)30-9-11-37(56)50-43(30)58/h3-8,10,20-23,30,48H,9,11-19H2,1-2H3,(H,47,49,57)(H,50,56,58). The van der Waals surface area contributed by atoms with Crippen molar-refractivity contribution in [2.75, 3.05) is 48.3 Å². The van der Waals surface area contributed by atoms with Crippen molar-refractivity contribution in [3.63, 3.8) is 0 Å². The molecule has 2 fully saturated rings. The molecule has 12 nitrogen and oxygen atoms in total. The maximum atomic E-state index is 16.0.